The Morgan fingerprint density at radius 1 is 0.552 bits per heavy atom. The number of rotatable bonds is 3. The van der Waals surface area contributed by atoms with Crippen LogP contribution in [0.5, 0.6) is 0 Å². The number of hydrogen-bond acceptors (Lipinski definition) is 4. The summed E-state index contributed by atoms with van der Waals surface area (Å²) in [5.41, 5.74) is 9.10. The van der Waals surface area contributed by atoms with Crippen LogP contribution < -0.4 is 0 Å². The maximum absolute atomic E-state index is 4.73. The SMILES string of the molecule is Cc1cc(Br)cnc1-c1cnc(-c2cnc(-c3ccc(Br)nc3)c(C)c2)c(C)c1. The Morgan fingerprint density at radius 2 is 1.03 bits per heavy atom. The number of aromatic nitrogens is 4. The van der Waals surface area contributed by atoms with Crippen molar-refractivity contribution in [1.29, 1.82) is 0 Å². The van der Waals surface area contributed by atoms with Gasteiger partial charge in [-0.3, -0.25) is 15.0 Å². The molecule has 0 aromatic carbocycles. The molecule has 0 saturated heterocycles. The van der Waals surface area contributed by atoms with Crippen LogP contribution in [0.15, 0.2) is 64.2 Å². The van der Waals surface area contributed by atoms with Crippen LogP contribution >= 0.6 is 31.9 Å². The molecular weight excluding hydrogens is 492 g/mol. The highest BCUT2D eigenvalue weighted by Crippen LogP contribution is 2.30. The van der Waals surface area contributed by atoms with Gasteiger partial charge in [-0.05, 0) is 99.7 Å². The van der Waals surface area contributed by atoms with Crippen LogP contribution in [0.3, 0.4) is 0 Å². The fraction of sp³-hybridized carbons (Fsp3) is 0.130. The van der Waals surface area contributed by atoms with Crippen LogP contribution in [0.25, 0.3) is 33.8 Å². The molecule has 0 aliphatic carbocycles. The minimum atomic E-state index is 0.811. The van der Waals surface area contributed by atoms with Gasteiger partial charge in [-0.25, -0.2) is 4.98 Å². The third kappa shape index (κ3) is 4.14. The normalized spacial score (nSPS) is 10.9. The molecule has 0 fully saturated rings. The second-order valence-electron chi connectivity index (χ2n) is 6.97. The fourth-order valence-corrected chi connectivity index (χ4v) is 4.05. The maximum Gasteiger partial charge on any atom is 0.106 e. The van der Waals surface area contributed by atoms with Crippen molar-refractivity contribution in [3.63, 3.8) is 0 Å². The average Bonchev–Trinajstić information content (AvgIpc) is 2.69. The first kappa shape index (κ1) is 19.9. The summed E-state index contributed by atoms with van der Waals surface area (Å²) < 4.78 is 1.79. The molecule has 0 saturated carbocycles. The van der Waals surface area contributed by atoms with Crippen molar-refractivity contribution < 1.29 is 0 Å². The van der Waals surface area contributed by atoms with E-state index in [0.29, 0.717) is 0 Å². The fourth-order valence-electron chi connectivity index (χ4n) is 3.37. The van der Waals surface area contributed by atoms with E-state index in [4.69, 9.17) is 4.98 Å². The lowest BCUT2D eigenvalue weighted by Crippen LogP contribution is -1.96. The molecule has 0 atom stereocenters. The van der Waals surface area contributed by atoms with Crippen LogP contribution in [0.4, 0.5) is 0 Å². The molecule has 4 aromatic rings. The molecule has 0 N–H and O–H groups in total. The minimum Gasteiger partial charge on any atom is -0.255 e. The summed E-state index contributed by atoms with van der Waals surface area (Å²) in [5.74, 6) is 0. The molecule has 4 nitrogen and oxygen atoms in total. The molecule has 0 bridgehead atoms. The Hall–Kier alpha value is -2.44. The lowest BCUT2D eigenvalue weighted by atomic mass is 10.0. The summed E-state index contributed by atoms with van der Waals surface area (Å²) in [4.78, 5) is 18.3. The van der Waals surface area contributed by atoms with E-state index >= 15 is 0 Å². The van der Waals surface area contributed by atoms with Crippen LogP contribution in [0, 0.1) is 20.8 Å². The number of aryl methyl sites for hydroxylation is 3. The number of nitrogens with zero attached hydrogens (tertiary/aromatic N) is 4. The molecule has 0 aliphatic heterocycles. The Balaban J connectivity index is 1.70. The molecule has 29 heavy (non-hydrogen) atoms. The minimum absolute atomic E-state index is 0.811. The van der Waals surface area contributed by atoms with Gasteiger partial charge in [0, 0.05) is 46.0 Å². The van der Waals surface area contributed by atoms with Crippen molar-refractivity contribution in [2.45, 2.75) is 20.8 Å². The van der Waals surface area contributed by atoms with Gasteiger partial charge >= 0.3 is 0 Å². The lowest BCUT2D eigenvalue weighted by molar-refractivity contribution is 1.19. The molecule has 144 valence electrons. The zero-order valence-electron chi connectivity index (χ0n) is 16.2. The molecule has 4 heterocycles. The number of hydrogen-bond donors (Lipinski definition) is 0. The second-order valence-corrected chi connectivity index (χ2v) is 8.70. The maximum atomic E-state index is 4.73. The Kier molecular flexibility index (Phi) is 5.56. The topological polar surface area (TPSA) is 51.6 Å². The number of pyridine rings is 4. The van der Waals surface area contributed by atoms with E-state index in [1.165, 1.54) is 0 Å². The number of halogens is 2. The molecule has 0 radical (unpaired) electrons. The van der Waals surface area contributed by atoms with Crippen molar-refractivity contribution in [2.75, 3.05) is 0 Å². The molecule has 4 aromatic heterocycles. The third-order valence-electron chi connectivity index (χ3n) is 4.75. The predicted molar refractivity (Wildman–Crippen MR) is 124 cm³/mol. The summed E-state index contributed by atoms with van der Waals surface area (Å²) >= 11 is 6.84. The average molecular weight is 510 g/mol. The van der Waals surface area contributed by atoms with E-state index in [2.05, 4.69) is 85.8 Å². The van der Waals surface area contributed by atoms with E-state index in [1.54, 1.807) is 0 Å². The van der Waals surface area contributed by atoms with E-state index in [0.717, 1.165) is 59.5 Å². The van der Waals surface area contributed by atoms with Crippen LogP contribution in [0.2, 0.25) is 0 Å². The first-order valence-electron chi connectivity index (χ1n) is 9.10. The molecule has 4 rings (SSSR count). The van der Waals surface area contributed by atoms with Crippen molar-refractivity contribution in [3.8, 4) is 33.8 Å². The molecule has 0 aliphatic rings. The van der Waals surface area contributed by atoms with E-state index < -0.39 is 0 Å². The van der Waals surface area contributed by atoms with Gasteiger partial charge < -0.3 is 0 Å². The highest BCUT2D eigenvalue weighted by molar-refractivity contribution is 9.10. The first-order chi connectivity index (χ1) is 13.9. The van der Waals surface area contributed by atoms with Gasteiger partial charge in [0.15, 0.2) is 0 Å². The van der Waals surface area contributed by atoms with E-state index in [-0.39, 0.29) is 0 Å². The van der Waals surface area contributed by atoms with Crippen molar-refractivity contribution in [3.05, 3.63) is 80.9 Å². The lowest BCUT2D eigenvalue weighted by Gasteiger charge is -2.11. The van der Waals surface area contributed by atoms with Crippen LogP contribution in [-0.4, -0.2) is 19.9 Å². The summed E-state index contributed by atoms with van der Waals surface area (Å²) in [6.07, 6.45) is 7.40. The van der Waals surface area contributed by atoms with Gasteiger partial charge in [0.2, 0.25) is 0 Å². The van der Waals surface area contributed by atoms with E-state index in [1.807, 2.05) is 36.9 Å². The smallest absolute Gasteiger partial charge is 0.106 e. The largest absolute Gasteiger partial charge is 0.255 e. The van der Waals surface area contributed by atoms with Gasteiger partial charge in [0.1, 0.15) is 4.60 Å². The van der Waals surface area contributed by atoms with Crippen molar-refractivity contribution in [1.82, 2.24) is 19.9 Å². The third-order valence-corrected chi connectivity index (χ3v) is 5.65. The van der Waals surface area contributed by atoms with Gasteiger partial charge in [-0.2, -0.15) is 0 Å². The second kappa shape index (κ2) is 8.13. The summed E-state index contributed by atoms with van der Waals surface area (Å²) in [5, 5.41) is 0. The van der Waals surface area contributed by atoms with Gasteiger partial charge in [0.05, 0.1) is 17.1 Å². The molecule has 0 amide bonds. The summed E-state index contributed by atoms with van der Waals surface area (Å²) in [6, 6.07) is 10.3. The standard InChI is InChI=1S/C23H18Br2N4/c1-13-6-17(10-27-21(13)16-4-5-20(25)26-9-16)22-14(2)7-18(11-28-22)23-15(3)8-19(24)12-29-23/h4-12H,1-3H3. The van der Waals surface area contributed by atoms with Gasteiger partial charge in [0.25, 0.3) is 0 Å². The van der Waals surface area contributed by atoms with Crippen LogP contribution in [0.1, 0.15) is 16.7 Å². The van der Waals surface area contributed by atoms with Crippen molar-refractivity contribution in [2.24, 2.45) is 0 Å². The molecule has 0 spiro atoms. The Morgan fingerprint density at radius 3 is 1.52 bits per heavy atom. The summed E-state index contributed by atoms with van der Waals surface area (Å²) in [6.45, 7) is 6.19. The Bertz CT molecular complexity index is 1200. The summed E-state index contributed by atoms with van der Waals surface area (Å²) in [7, 11) is 0. The molecular formula is C23H18Br2N4. The Labute approximate surface area is 186 Å². The molecule has 0 unspecified atom stereocenters. The molecule has 6 heteroatoms. The highest BCUT2D eigenvalue weighted by Gasteiger charge is 2.12. The van der Waals surface area contributed by atoms with Crippen molar-refractivity contribution >= 4 is 31.9 Å². The van der Waals surface area contributed by atoms with Crippen LogP contribution in [-0.2, 0) is 0 Å². The monoisotopic (exact) mass is 508 g/mol. The highest BCUT2D eigenvalue weighted by atomic mass is 79.9. The zero-order valence-corrected chi connectivity index (χ0v) is 19.4. The van der Waals surface area contributed by atoms with Gasteiger partial charge in [-0.1, -0.05) is 0 Å². The predicted octanol–water partition coefficient (Wildman–Crippen LogP) is 6.72. The van der Waals surface area contributed by atoms with E-state index in [9.17, 15) is 0 Å². The quantitative estimate of drug-likeness (QED) is 0.288. The van der Waals surface area contributed by atoms with Gasteiger partial charge in [-0.15, -0.1) is 0 Å². The zero-order chi connectivity index (χ0) is 20.5. The first-order valence-corrected chi connectivity index (χ1v) is 10.7.